The Morgan fingerprint density at radius 2 is 1.33 bits per heavy atom. The number of hydrogen-bond acceptors (Lipinski definition) is 0. The fourth-order valence-corrected chi connectivity index (χ4v) is 4.63. The van der Waals surface area contributed by atoms with Crippen LogP contribution in [0.4, 0.5) is 0 Å². The van der Waals surface area contributed by atoms with Gasteiger partial charge in [0.15, 0.2) is 0 Å². The molecule has 2 aromatic carbocycles. The standard InChI is InChI=1S/C30H40/c1-3-5-7-8-10-26-11-13-27(14-12-26)15-16-28-19-23-30(24-20-28)29-21-17-25(18-22-29)9-6-4-2/h17-24,26-27H,3-14H2,1-2H3/t26-,27-. The van der Waals surface area contributed by atoms with Crippen LogP contribution in [0, 0.1) is 23.7 Å². The fourth-order valence-electron chi connectivity index (χ4n) is 4.63. The maximum atomic E-state index is 3.57. The molecule has 0 heteroatoms. The molecule has 1 saturated carbocycles. The number of aryl methyl sites for hydroxylation is 1. The summed E-state index contributed by atoms with van der Waals surface area (Å²) in [7, 11) is 0. The Kier molecular flexibility index (Phi) is 9.56. The molecule has 160 valence electrons. The SMILES string of the molecule is CCCCCC[C@H]1CC[C@H](C#Cc2ccc(-c3ccc(CCCC)cc3)cc2)CC1. The average Bonchev–Trinajstić information content (AvgIpc) is 2.81. The molecule has 0 radical (unpaired) electrons. The van der Waals surface area contributed by atoms with E-state index in [-0.39, 0.29) is 0 Å². The minimum atomic E-state index is 0.604. The van der Waals surface area contributed by atoms with Crippen LogP contribution in [-0.4, -0.2) is 0 Å². The predicted octanol–water partition coefficient (Wildman–Crippen LogP) is 8.82. The molecule has 0 spiro atoms. The van der Waals surface area contributed by atoms with Crippen LogP contribution in [0.25, 0.3) is 11.1 Å². The Bertz CT molecular complexity index is 777. The van der Waals surface area contributed by atoms with Gasteiger partial charge in [0.05, 0.1) is 0 Å². The molecule has 0 aromatic heterocycles. The summed E-state index contributed by atoms with van der Waals surface area (Å²) in [5.74, 6) is 8.59. The second kappa shape index (κ2) is 12.6. The highest BCUT2D eigenvalue weighted by atomic mass is 14.2. The Morgan fingerprint density at radius 3 is 1.97 bits per heavy atom. The molecule has 0 atom stereocenters. The summed E-state index contributed by atoms with van der Waals surface area (Å²) in [5, 5.41) is 0. The number of hydrogen-bond donors (Lipinski definition) is 0. The van der Waals surface area contributed by atoms with Gasteiger partial charge in [-0.25, -0.2) is 0 Å². The second-order valence-electron chi connectivity index (χ2n) is 9.21. The first-order valence-electron chi connectivity index (χ1n) is 12.5. The van der Waals surface area contributed by atoms with Crippen molar-refractivity contribution in [3.63, 3.8) is 0 Å². The first-order valence-corrected chi connectivity index (χ1v) is 12.5. The van der Waals surface area contributed by atoms with Crippen molar-refractivity contribution in [1.82, 2.24) is 0 Å². The van der Waals surface area contributed by atoms with Gasteiger partial charge in [-0.05, 0) is 73.3 Å². The van der Waals surface area contributed by atoms with E-state index in [9.17, 15) is 0 Å². The number of rotatable bonds is 9. The van der Waals surface area contributed by atoms with Gasteiger partial charge in [0.2, 0.25) is 0 Å². The average molecular weight is 401 g/mol. The molecule has 30 heavy (non-hydrogen) atoms. The van der Waals surface area contributed by atoms with Crippen LogP contribution in [0.2, 0.25) is 0 Å². The van der Waals surface area contributed by atoms with Gasteiger partial charge in [0.25, 0.3) is 0 Å². The zero-order chi connectivity index (χ0) is 21.0. The van der Waals surface area contributed by atoms with Gasteiger partial charge in [-0.2, -0.15) is 0 Å². The van der Waals surface area contributed by atoms with E-state index in [2.05, 4.69) is 74.2 Å². The van der Waals surface area contributed by atoms with Crippen LogP contribution in [0.1, 0.15) is 95.6 Å². The molecule has 2 aromatic rings. The fraction of sp³-hybridized carbons (Fsp3) is 0.533. The molecule has 0 amide bonds. The zero-order valence-corrected chi connectivity index (χ0v) is 19.3. The van der Waals surface area contributed by atoms with Gasteiger partial charge in [-0.15, -0.1) is 0 Å². The van der Waals surface area contributed by atoms with Crippen molar-refractivity contribution in [3.05, 3.63) is 59.7 Å². The highest BCUT2D eigenvalue weighted by Crippen LogP contribution is 2.32. The molecule has 1 fully saturated rings. The maximum absolute atomic E-state index is 3.57. The molecular weight excluding hydrogens is 360 g/mol. The van der Waals surface area contributed by atoms with E-state index in [1.54, 1.807) is 0 Å². The van der Waals surface area contributed by atoms with Crippen molar-refractivity contribution in [1.29, 1.82) is 0 Å². The largest absolute Gasteiger partial charge is 0.0945 e. The molecule has 1 aliphatic rings. The molecule has 3 rings (SSSR count). The highest BCUT2D eigenvalue weighted by Gasteiger charge is 2.19. The molecule has 0 saturated heterocycles. The van der Waals surface area contributed by atoms with E-state index in [1.165, 1.54) is 93.7 Å². The summed E-state index contributed by atoms with van der Waals surface area (Å²) in [6.45, 7) is 4.54. The van der Waals surface area contributed by atoms with Crippen LogP contribution in [0.5, 0.6) is 0 Å². The maximum Gasteiger partial charge on any atom is 0.0245 e. The van der Waals surface area contributed by atoms with Gasteiger partial charge in [0.1, 0.15) is 0 Å². The van der Waals surface area contributed by atoms with Crippen LogP contribution in [-0.2, 0) is 6.42 Å². The van der Waals surface area contributed by atoms with E-state index in [0.717, 1.165) is 11.5 Å². The van der Waals surface area contributed by atoms with Crippen LogP contribution in [0.15, 0.2) is 48.5 Å². The van der Waals surface area contributed by atoms with Crippen LogP contribution in [0.3, 0.4) is 0 Å². The minimum Gasteiger partial charge on any atom is -0.0945 e. The van der Waals surface area contributed by atoms with Gasteiger partial charge in [-0.3, -0.25) is 0 Å². The van der Waals surface area contributed by atoms with Crippen molar-refractivity contribution < 1.29 is 0 Å². The molecule has 0 N–H and O–H groups in total. The summed E-state index contributed by atoms with van der Waals surface area (Å²) in [4.78, 5) is 0. The third-order valence-corrected chi connectivity index (χ3v) is 6.72. The van der Waals surface area contributed by atoms with E-state index in [0.29, 0.717) is 5.92 Å². The lowest BCUT2D eigenvalue weighted by Crippen LogP contribution is -2.13. The van der Waals surface area contributed by atoms with E-state index < -0.39 is 0 Å². The van der Waals surface area contributed by atoms with Crippen molar-refractivity contribution in [2.24, 2.45) is 11.8 Å². The van der Waals surface area contributed by atoms with Gasteiger partial charge in [-0.1, -0.05) is 101 Å². The topological polar surface area (TPSA) is 0 Å². The Hall–Kier alpha value is -2.00. The molecule has 0 heterocycles. The summed E-state index contributed by atoms with van der Waals surface area (Å²) < 4.78 is 0. The lowest BCUT2D eigenvalue weighted by atomic mass is 9.80. The normalized spacial score (nSPS) is 18.6. The lowest BCUT2D eigenvalue weighted by Gasteiger charge is -2.25. The monoisotopic (exact) mass is 400 g/mol. The first-order chi connectivity index (χ1) is 14.8. The van der Waals surface area contributed by atoms with E-state index in [4.69, 9.17) is 0 Å². The Labute approximate surface area is 185 Å². The van der Waals surface area contributed by atoms with Gasteiger partial charge >= 0.3 is 0 Å². The van der Waals surface area contributed by atoms with Gasteiger partial charge in [0, 0.05) is 11.5 Å². The van der Waals surface area contributed by atoms with Crippen molar-refractivity contribution >= 4 is 0 Å². The molecular formula is C30H40. The number of benzene rings is 2. The first kappa shape index (κ1) is 22.7. The second-order valence-corrected chi connectivity index (χ2v) is 9.21. The van der Waals surface area contributed by atoms with Crippen molar-refractivity contribution in [2.45, 2.75) is 90.9 Å². The number of unbranched alkanes of at least 4 members (excludes halogenated alkanes) is 4. The minimum absolute atomic E-state index is 0.604. The molecule has 0 unspecified atom stereocenters. The Morgan fingerprint density at radius 1 is 0.700 bits per heavy atom. The highest BCUT2D eigenvalue weighted by molar-refractivity contribution is 5.64. The van der Waals surface area contributed by atoms with Crippen LogP contribution < -0.4 is 0 Å². The van der Waals surface area contributed by atoms with E-state index >= 15 is 0 Å². The third kappa shape index (κ3) is 7.36. The van der Waals surface area contributed by atoms with Gasteiger partial charge < -0.3 is 0 Å². The molecule has 0 aliphatic heterocycles. The quantitative estimate of drug-likeness (QED) is 0.291. The third-order valence-electron chi connectivity index (χ3n) is 6.72. The molecule has 0 nitrogen and oxygen atoms in total. The summed E-state index contributed by atoms with van der Waals surface area (Å²) in [6, 6.07) is 17.9. The molecule has 1 aliphatic carbocycles. The predicted molar refractivity (Wildman–Crippen MR) is 132 cm³/mol. The van der Waals surface area contributed by atoms with Crippen molar-refractivity contribution in [3.8, 4) is 23.0 Å². The zero-order valence-electron chi connectivity index (χ0n) is 19.3. The van der Waals surface area contributed by atoms with E-state index in [1.807, 2.05) is 0 Å². The summed E-state index contributed by atoms with van der Waals surface area (Å²) in [5.41, 5.74) is 5.18. The lowest BCUT2D eigenvalue weighted by molar-refractivity contribution is 0.294. The smallest absolute Gasteiger partial charge is 0.0245 e. The summed E-state index contributed by atoms with van der Waals surface area (Å²) in [6.07, 6.45) is 16.1. The van der Waals surface area contributed by atoms with Crippen molar-refractivity contribution in [2.75, 3.05) is 0 Å². The molecule has 0 bridgehead atoms. The Balaban J connectivity index is 1.47. The van der Waals surface area contributed by atoms with Crippen LogP contribution >= 0.6 is 0 Å². The summed E-state index contributed by atoms with van der Waals surface area (Å²) >= 11 is 0.